The zero-order valence-corrected chi connectivity index (χ0v) is 12.8. The summed E-state index contributed by atoms with van der Waals surface area (Å²) in [5.41, 5.74) is 8.00. The first-order valence-corrected chi connectivity index (χ1v) is 8.13. The van der Waals surface area contributed by atoms with Crippen molar-refractivity contribution in [1.82, 2.24) is 0 Å². The Morgan fingerprint density at radius 1 is 0.818 bits per heavy atom. The van der Waals surface area contributed by atoms with Crippen molar-refractivity contribution in [2.24, 2.45) is 0 Å². The van der Waals surface area contributed by atoms with Gasteiger partial charge in [-0.3, -0.25) is 0 Å². The highest BCUT2D eigenvalue weighted by atomic mass is 16.3. The fourth-order valence-electron chi connectivity index (χ4n) is 3.00. The van der Waals surface area contributed by atoms with Crippen LogP contribution in [0.15, 0.2) is 72.0 Å². The van der Waals surface area contributed by atoms with E-state index in [4.69, 9.17) is 0 Å². The molecule has 2 aromatic carbocycles. The lowest BCUT2D eigenvalue weighted by molar-refractivity contribution is 0.199. The fraction of sp³-hybridized carbons (Fsp3) is 0.286. The standard InChI is InChI=1S/C21H22O/c22-21-15-9-3-8-14-19(21)16-20(17-10-4-1-5-11-17)18-12-6-2-7-13-18/h1-2,4-7,10-13,21-22H,3,8-9,14-15H2/t21-/m1/s1. The highest BCUT2D eigenvalue weighted by Crippen LogP contribution is 2.27. The molecule has 0 saturated heterocycles. The molecule has 0 radical (unpaired) electrons. The number of aliphatic hydroxyl groups excluding tert-OH is 1. The van der Waals surface area contributed by atoms with Crippen LogP contribution in [0.4, 0.5) is 0 Å². The van der Waals surface area contributed by atoms with E-state index in [1.165, 1.54) is 6.42 Å². The van der Waals surface area contributed by atoms with E-state index < -0.39 is 0 Å². The molecule has 2 aromatic rings. The largest absolute Gasteiger partial charge is 0.388 e. The maximum Gasteiger partial charge on any atom is 0.0824 e. The maximum atomic E-state index is 10.4. The Morgan fingerprint density at radius 2 is 1.41 bits per heavy atom. The van der Waals surface area contributed by atoms with Gasteiger partial charge in [-0.25, -0.2) is 0 Å². The van der Waals surface area contributed by atoms with Gasteiger partial charge < -0.3 is 5.11 Å². The van der Waals surface area contributed by atoms with Crippen molar-refractivity contribution in [2.45, 2.75) is 38.2 Å². The van der Waals surface area contributed by atoms with E-state index in [0.717, 1.165) is 48.0 Å². The molecule has 1 saturated carbocycles. The Labute approximate surface area is 132 Å². The van der Waals surface area contributed by atoms with Gasteiger partial charge in [0.2, 0.25) is 0 Å². The first-order chi connectivity index (χ1) is 10.8. The van der Waals surface area contributed by atoms with Crippen LogP contribution in [0.25, 0.3) is 5.57 Å². The summed E-state index contributed by atoms with van der Waals surface area (Å²) < 4.78 is 0. The Morgan fingerprint density at radius 3 is 2.00 bits per heavy atom. The summed E-state index contributed by atoms with van der Waals surface area (Å²) in [4.78, 5) is 0. The van der Waals surface area contributed by atoms with Gasteiger partial charge in [-0.2, -0.15) is 0 Å². The van der Waals surface area contributed by atoms with Crippen LogP contribution in [0, 0.1) is 0 Å². The molecular weight excluding hydrogens is 268 g/mol. The summed E-state index contributed by atoms with van der Waals surface area (Å²) in [6.07, 6.45) is 4.93. The second-order valence-electron chi connectivity index (χ2n) is 5.87. The molecule has 0 heterocycles. The molecule has 112 valence electrons. The Bertz CT molecular complexity index is 622. The third-order valence-corrected chi connectivity index (χ3v) is 4.24. The van der Waals surface area contributed by atoms with E-state index in [1.54, 1.807) is 0 Å². The molecule has 0 aliphatic heterocycles. The van der Waals surface area contributed by atoms with E-state index in [9.17, 15) is 5.11 Å². The first-order valence-electron chi connectivity index (χ1n) is 8.13. The van der Waals surface area contributed by atoms with E-state index in [-0.39, 0.29) is 6.10 Å². The number of aliphatic hydroxyl groups is 1. The quantitative estimate of drug-likeness (QED) is 0.611. The Balaban J connectivity index is 2.14. The topological polar surface area (TPSA) is 20.2 Å². The molecule has 1 fully saturated rings. The van der Waals surface area contributed by atoms with Crippen molar-refractivity contribution >= 4 is 5.57 Å². The smallest absolute Gasteiger partial charge is 0.0824 e. The summed E-state index contributed by atoms with van der Waals surface area (Å²) in [6, 6.07) is 20.7. The highest BCUT2D eigenvalue weighted by Gasteiger charge is 2.15. The SMILES string of the molecule is O[C@@H]1CCCCCC1=C=C(c1ccccc1)c1ccccc1. The number of hydrogen-bond acceptors (Lipinski definition) is 1. The summed E-state index contributed by atoms with van der Waals surface area (Å²) >= 11 is 0. The van der Waals surface area contributed by atoms with Gasteiger partial charge in [0.25, 0.3) is 0 Å². The lowest BCUT2D eigenvalue weighted by Gasteiger charge is -2.11. The zero-order valence-electron chi connectivity index (χ0n) is 12.8. The number of hydrogen-bond donors (Lipinski definition) is 1. The van der Waals surface area contributed by atoms with Gasteiger partial charge >= 0.3 is 0 Å². The minimum atomic E-state index is -0.343. The van der Waals surface area contributed by atoms with Crippen LogP contribution < -0.4 is 0 Å². The second-order valence-corrected chi connectivity index (χ2v) is 5.87. The normalized spacial score (nSPS) is 18.4. The lowest BCUT2D eigenvalue weighted by atomic mass is 9.96. The molecule has 1 heteroatoms. The molecule has 0 bridgehead atoms. The van der Waals surface area contributed by atoms with Gasteiger partial charge in [-0.15, -0.1) is 5.73 Å². The molecule has 1 nitrogen and oxygen atoms in total. The lowest BCUT2D eigenvalue weighted by Crippen LogP contribution is -2.07. The average Bonchev–Trinajstić information content (AvgIpc) is 2.78. The summed E-state index contributed by atoms with van der Waals surface area (Å²) in [5, 5.41) is 10.4. The van der Waals surface area contributed by atoms with Crippen LogP contribution in [-0.4, -0.2) is 11.2 Å². The molecule has 0 spiro atoms. The Hall–Kier alpha value is -2.08. The van der Waals surface area contributed by atoms with Gasteiger partial charge in [-0.05, 0) is 30.4 Å². The molecule has 0 amide bonds. The first kappa shape index (κ1) is 14.8. The molecule has 22 heavy (non-hydrogen) atoms. The molecule has 0 aromatic heterocycles. The zero-order chi connectivity index (χ0) is 15.2. The second kappa shape index (κ2) is 7.26. The van der Waals surface area contributed by atoms with Gasteiger partial charge in [0.05, 0.1) is 6.10 Å². The van der Waals surface area contributed by atoms with Crippen LogP contribution in [0.2, 0.25) is 0 Å². The van der Waals surface area contributed by atoms with Crippen LogP contribution in [0.3, 0.4) is 0 Å². The molecule has 1 aliphatic carbocycles. The molecular formula is C21H22O. The maximum absolute atomic E-state index is 10.4. The monoisotopic (exact) mass is 290 g/mol. The minimum absolute atomic E-state index is 0.343. The van der Waals surface area contributed by atoms with Crippen molar-refractivity contribution in [2.75, 3.05) is 0 Å². The van der Waals surface area contributed by atoms with Crippen LogP contribution >= 0.6 is 0 Å². The van der Waals surface area contributed by atoms with Gasteiger partial charge in [-0.1, -0.05) is 73.5 Å². The fourth-order valence-corrected chi connectivity index (χ4v) is 3.00. The van der Waals surface area contributed by atoms with E-state index in [2.05, 4.69) is 30.0 Å². The predicted octanol–water partition coefficient (Wildman–Crippen LogP) is 4.97. The summed E-state index contributed by atoms with van der Waals surface area (Å²) in [7, 11) is 0. The van der Waals surface area contributed by atoms with Crippen molar-refractivity contribution in [3.05, 3.63) is 83.1 Å². The molecule has 3 rings (SSSR count). The third kappa shape index (κ3) is 3.57. The molecule has 1 N–H and O–H groups in total. The number of rotatable bonds is 2. The highest BCUT2D eigenvalue weighted by molar-refractivity contribution is 5.79. The van der Waals surface area contributed by atoms with Gasteiger partial charge in [0, 0.05) is 11.1 Å². The minimum Gasteiger partial charge on any atom is -0.388 e. The van der Waals surface area contributed by atoms with Gasteiger partial charge in [0.15, 0.2) is 0 Å². The van der Waals surface area contributed by atoms with Crippen LogP contribution in [0.5, 0.6) is 0 Å². The van der Waals surface area contributed by atoms with Crippen molar-refractivity contribution < 1.29 is 5.11 Å². The van der Waals surface area contributed by atoms with E-state index >= 15 is 0 Å². The average molecular weight is 290 g/mol. The van der Waals surface area contributed by atoms with Crippen LogP contribution in [-0.2, 0) is 0 Å². The summed E-state index contributed by atoms with van der Waals surface area (Å²) in [6.45, 7) is 0. The molecule has 1 aliphatic rings. The van der Waals surface area contributed by atoms with E-state index in [0.29, 0.717) is 0 Å². The van der Waals surface area contributed by atoms with Crippen molar-refractivity contribution in [3.8, 4) is 0 Å². The third-order valence-electron chi connectivity index (χ3n) is 4.24. The van der Waals surface area contributed by atoms with E-state index in [1.807, 2.05) is 36.4 Å². The summed E-state index contributed by atoms with van der Waals surface area (Å²) in [5.74, 6) is 0. The van der Waals surface area contributed by atoms with Crippen molar-refractivity contribution in [1.29, 1.82) is 0 Å². The van der Waals surface area contributed by atoms with Gasteiger partial charge in [0.1, 0.15) is 0 Å². The number of benzene rings is 2. The predicted molar refractivity (Wildman–Crippen MR) is 91.5 cm³/mol. The Kier molecular flexibility index (Phi) is 4.90. The molecule has 1 atom stereocenters. The van der Waals surface area contributed by atoms with Crippen molar-refractivity contribution in [3.63, 3.8) is 0 Å². The molecule has 0 unspecified atom stereocenters. The van der Waals surface area contributed by atoms with Crippen LogP contribution in [0.1, 0.15) is 43.2 Å².